The van der Waals surface area contributed by atoms with Crippen LogP contribution in [0.5, 0.6) is 0 Å². The fraction of sp³-hybridized carbons (Fsp3) is 0.440. The standard InChI is InChI=1S/C25H33N3O4S/c1-16-15-17(2)19(4)23(18(16)3)33(31,32)28-13-11-21(12-14-28)24(29)27-22(25(30)26-5)20-9-7-6-8-10-20/h6-10,15,21-22H,11-14H2,1-5H3,(H,26,30)(H,27,29)/t22-/m1/s1. The Kier molecular flexibility index (Phi) is 7.59. The summed E-state index contributed by atoms with van der Waals surface area (Å²) in [4.78, 5) is 25.7. The zero-order valence-electron chi connectivity index (χ0n) is 19.9. The Bertz CT molecular complexity index is 1110. The van der Waals surface area contributed by atoms with Crippen molar-refractivity contribution in [1.82, 2.24) is 14.9 Å². The van der Waals surface area contributed by atoms with E-state index in [1.165, 1.54) is 11.4 Å². The van der Waals surface area contributed by atoms with Crippen LogP contribution < -0.4 is 10.6 Å². The predicted octanol–water partition coefficient (Wildman–Crippen LogP) is 2.92. The molecule has 0 unspecified atom stereocenters. The fourth-order valence-electron chi connectivity index (χ4n) is 4.41. The van der Waals surface area contributed by atoms with Crippen molar-refractivity contribution in [2.75, 3.05) is 20.1 Å². The van der Waals surface area contributed by atoms with Gasteiger partial charge in [-0.15, -0.1) is 0 Å². The number of rotatable bonds is 6. The molecule has 1 heterocycles. The molecule has 3 rings (SSSR count). The largest absolute Gasteiger partial charge is 0.357 e. The number of carbonyl (C=O) groups is 2. The van der Waals surface area contributed by atoms with E-state index in [-0.39, 0.29) is 30.8 Å². The van der Waals surface area contributed by atoms with Gasteiger partial charge < -0.3 is 10.6 Å². The van der Waals surface area contributed by atoms with Crippen LogP contribution in [0.4, 0.5) is 0 Å². The second-order valence-electron chi connectivity index (χ2n) is 8.73. The van der Waals surface area contributed by atoms with Crippen molar-refractivity contribution >= 4 is 21.8 Å². The van der Waals surface area contributed by atoms with Crippen LogP contribution in [0.2, 0.25) is 0 Å². The third kappa shape index (κ3) is 5.12. The van der Waals surface area contributed by atoms with Gasteiger partial charge in [-0.25, -0.2) is 8.42 Å². The SMILES string of the molecule is CNC(=O)[C@H](NC(=O)C1CCN(S(=O)(=O)c2c(C)c(C)cc(C)c2C)CC1)c1ccccc1. The molecule has 7 nitrogen and oxygen atoms in total. The highest BCUT2D eigenvalue weighted by Crippen LogP contribution is 2.31. The summed E-state index contributed by atoms with van der Waals surface area (Å²) in [6.07, 6.45) is 0.812. The highest BCUT2D eigenvalue weighted by Gasteiger charge is 2.35. The van der Waals surface area contributed by atoms with Crippen LogP contribution in [0.3, 0.4) is 0 Å². The third-order valence-electron chi connectivity index (χ3n) is 6.65. The molecule has 33 heavy (non-hydrogen) atoms. The number of likely N-dealkylation sites (N-methyl/N-ethyl adjacent to an activating group) is 1. The van der Waals surface area contributed by atoms with Crippen molar-refractivity contribution in [3.05, 3.63) is 64.2 Å². The minimum Gasteiger partial charge on any atom is -0.357 e. The summed E-state index contributed by atoms with van der Waals surface area (Å²) >= 11 is 0. The molecule has 0 radical (unpaired) electrons. The van der Waals surface area contributed by atoms with E-state index < -0.39 is 16.1 Å². The topological polar surface area (TPSA) is 95.6 Å². The first-order valence-corrected chi connectivity index (χ1v) is 12.7. The lowest BCUT2D eigenvalue weighted by atomic mass is 9.96. The van der Waals surface area contributed by atoms with Gasteiger partial charge in [0.15, 0.2) is 0 Å². The number of nitrogens with one attached hydrogen (secondary N) is 2. The van der Waals surface area contributed by atoms with Crippen LogP contribution in [-0.2, 0) is 19.6 Å². The maximum absolute atomic E-state index is 13.5. The molecule has 0 bridgehead atoms. The fourth-order valence-corrected chi connectivity index (χ4v) is 6.45. The lowest BCUT2D eigenvalue weighted by Gasteiger charge is -2.32. The molecule has 0 saturated carbocycles. The van der Waals surface area contributed by atoms with Crippen LogP contribution in [0.1, 0.15) is 46.7 Å². The van der Waals surface area contributed by atoms with E-state index in [1.807, 2.05) is 52.0 Å². The normalized spacial score (nSPS) is 16.3. The Balaban J connectivity index is 1.73. The number of amides is 2. The van der Waals surface area contributed by atoms with Crippen molar-refractivity contribution in [1.29, 1.82) is 0 Å². The van der Waals surface area contributed by atoms with E-state index in [0.29, 0.717) is 23.3 Å². The molecule has 0 spiro atoms. The first-order chi connectivity index (χ1) is 15.6. The number of sulfonamides is 1. The minimum atomic E-state index is -3.66. The Labute approximate surface area is 196 Å². The average molecular weight is 472 g/mol. The van der Waals surface area contributed by atoms with Gasteiger partial charge >= 0.3 is 0 Å². The van der Waals surface area contributed by atoms with Gasteiger partial charge in [0, 0.05) is 26.1 Å². The van der Waals surface area contributed by atoms with E-state index in [0.717, 1.165) is 22.3 Å². The monoisotopic (exact) mass is 471 g/mol. The third-order valence-corrected chi connectivity index (χ3v) is 8.82. The van der Waals surface area contributed by atoms with Crippen LogP contribution in [0, 0.1) is 33.6 Å². The first kappa shape index (κ1) is 24.9. The first-order valence-electron chi connectivity index (χ1n) is 11.2. The van der Waals surface area contributed by atoms with Gasteiger partial charge in [-0.3, -0.25) is 9.59 Å². The van der Waals surface area contributed by atoms with Gasteiger partial charge in [0.05, 0.1) is 4.90 Å². The van der Waals surface area contributed by atoms with E-state index >= 15 is 0 Å². The van der Waals surface area contributed by atoms with Crippen molar-refractivity contribution in [3.8, 4) is 0 Å². The van der Waals surface area contributed by atoms with E-state index in [2.05, 4.69) is 10.6 Å². The maximum atomic E-state index is 13.5. The summed E-state index contributed by atoms with van der Waals surface area (Å²) in [6.45, 7) is 8.07. The molecule has 2 aromatic carbocycles. The number of aryl methyl sites for hydroxylation is 2. The molecule has 2 amide bonds. The van der Waals surface area contributed by atoms with Crippen molar-refractivity contribution in [3.63, 3.8) is 0 Å². The number of carbonyl (C=O) groups excluding carboxylic acids is 2. The second kappa shape index (κ2) is 10.1. The second-order valence-corrected chi connectivity index (χ2v) is 10.6. The molecule has 1 fully saturated rings. The zero-order chi connectivity index (χ0) is 24.3. The Morgan fingerprint density at radius 3 is 2.03 bits per heavy atom. The Morgan fingerprint density at radius 2 is 1.52 bits per heavy atom. The molecule has 8 heteroatoms. The van der Waals surface area contributed by atoms with Crippen LogP contribution >= 0.6 is 0 Å². The number of hydrogen-bond acceptors (Lipinski definition) is 4. The summed E-state index contributed by atoms with van der Waals surface area (Å²) in [5.74, 6) is -0.882. The van der Waals surface area contributed by atoms with Crippen LogP contribution in [0.15, 0.2) is 41.3 Å². The quantitative estimate of drug-likeness (QED) is 0.677. The molecule has 2 aromatic rings. The van der Waals surface area contributed by atoms with Gasteiger partial charge in [-0.05, 0) is 68.4 Å². The van der Waals surface area contributed by atoms with Gasteiger partial charge in [-0.2, -0.15) is 4.31 Å². The van der Waals surface area contributed by atoms with Crippen molar-refractivity contribution < 1.29 is 18.0 Å². The van der Waals surface area contributed by atoms with Gasteiger partial charge in [-0.1, -0.05) is 36.4 Å². The van der Waals surface area contributed by atoms with Crippen LogP contribution in [0.25, 0.3) is 0 Å². The van der Waals surface area contributed by atoms with E-state index in [9.17, 15) is 18.0 Å². The molecule has 0 aromatic heterocycles. The van der Waals surface area contributed by atoms with Crippen LogP contribution in [-0.4, -0.2) is 44.7 Å². The van der Waals surface area contributed by atoms with Gasteiger partial charge in [0.2, 0.25) is 21.8 Å². The molecule has 178 valence electrons. The molecular weight excluding hydrogens is 438 g/mol. The van der Waals surface area contributed by atoms with Gasteiger partial charge in [0.25, 0.3) is 0 Å². The maximum Gasteiger partial charge on any atom is 0.246 e. The number of piperidine rings is 1. The summed E-state index contributed by atoms with van der Waals surface area (Å²) in [6, 6.07) is 10.3. The number of benzene rings is 2. The van der Waals surface area contributed by atoms with E-state index in [4.69, 9.17) is 0 Å². The minimum absolute atomic E-state index is 0.233. The molecule has 2 N–H and O–H groups in total. The van der Waals surface area contributed by atoms with Gasteiger partial charge in [0.1, 0.15) is 6.04 Å². The summed E-state index contributed by atoms with van der Waals surface area (Å²) in [5, 5.41) is 5.45. The van der Waals surface area contributed by atoms with Crippen molar-refractivity contribution in [2.24, 2.45) is 5.92 Å². The smallest absolute Gasteiger partial charge is 0.246 e. The van der Waals surface area contributed by atoms with Crippen molar-refractivity contribution in [2.45, 2.75) is 51.5 Å². The summed E-state index contributed by atoms with van der Waals surface area (Å²) in [7, 11) is -2.13. The molecule has 1 aliphatic heterocycles. The lowest BCUT2D eigenvalue weighted by Crippen LogP contribution is -2.46. The molecule has 1 aliphatic rings. The highest BCUT2D eigenvalue weighted by molar-refractivity contribution is 7.89. The molecular formula is C25H33N3O4S. The highest BCUT2D eigenvalue weighted by atomic mass is 32.2. The Hall–Kier alpha value is -2.71. The molecule has 1 atom stereocenters. The number of hydrogen-bond donors (Lipinski definition) is 2. The van der Waals surface area contributed by atoms with E-state index in [1.54, 1.807) is 12.1 Å². The molecule has 0 aliphatic carbocycles. The zero-order valence-corrected chi connectivity index (χ0v) is 20.8. The summed E-state index contributed by atoms with van der Waals surface area (Å²) in [5.41, 5.74) is 4.15. The number of nitrogens with zero attached hydrogens (tertiary/aromatic N) is 1. The Morgan fingerprint density at radius 1 is 0.970 bits per heavy atom. The average Bonchev–Trinajstić information content (AvgIpc) is 2.81. The lowest BCUT2D eigenvalue weighted by molar-refractivity contribution is -0.131. The predicted molar refractivity (Wildman–Crippen MR) is 128 cm³/mol. The summed E-state index contributed by atoms with van der Waals surface area (Å²) < 4.78 is 28.4. The molecule has 1 saturated heterocycles.